The standard InChI is InChI=1S/C18H17N5O3S/c1-12-5-3-4-6-15(12)17-20-21-18(22(17)2)27-11-16(24)19-13-7-9-14(10-8-13)23(25)26/h3-10H,11H2,1-2H3,(H,19,24). The number of nitro groups is 1. The fourth-order valence-electron chi connectivity index (χ4n) is 2.49. The van der Waals surface area contributed by atoms with E-state index < -0.39 is 4.92 Å². The minimum Gasteiger partial charge on any atom is -0.325 e. The van der Waals surface area contributed by atoms with Crippen LogP contribution in [-0.4, -0.2) is 31.3 Å². The van der Waals surface area contributed by atoms with Gasteiger partial charge in [0.15, 0.2) is 11.0 Å². The Morgan fingerprint density at radius 1 is 1.19 bits per heavy atom. The Morgan fingerprint density at radius 3 is 2.56 bits per heavy atom. The van der Waals surface area contributed by atoms with Crippen LogP contribution in [0.2, 0.25) is 0 Å². The molecule has 1 amide bonds. The number of aromatic nitrogens is 3. The Bertz CT molecular complexity index is 985. The normalized spacial score (nSPS) is 10.6. The van der Waals surface area contributed by atoms with Crippen molar-refractivity contribution >= 4 is 29.0 Å². The molecule has 2 aromatic carbocycles. The second-order valence-electron chi connectivity index (χ2n) is 5.82. The molecule has 1 aromatic heterocycles. The Morgan fingerprint density at radius 2 is 1.89 bits per heavy atom. The fourth-order valence-corrected chi connectivity index (χ4v) is 3.20. The summed E-state index contributed by atoms with van der Waals surface area (Å²) in [5.41, 5.74) is 2.57. The maximum Gasteiger partial charge on any atom is 0.269 e. The van der Waals surface area contributed by atoms with Crippen molar-refractivity contribution in [3.05, 3.63) is 64.2 Å². The van der Waals surface area contributed by atoms with E-state index in [0.717, 1.165) is 17.0 Å². The Labute approximate surface area is 159 Å². The third-order valence-corrected chi connectivity index (χ3v) is 4.94. The number of carbonyl (C=O) groups excluding carboxylic acids is 1. The summed E-state index contributed by atoms with van der Waals surface area (Å²) in [7, 11) is 1.86. The molecule has 138 valence electrons. The van der Waals surface area contributed by atoms with Crippen LogP contribution in [0.4, 0.5) is 11.4 Å². The molecule has 0 aliphatic carbocycles. The molecule has 9 heteroatoms. The number of anilines is 1. The van der Waals surface area contributed by atoms with Crippen LogP contribution in [0.25, 0.3) is 11.4 Å². The summed E-state index contributed by atoms with van der Waals surface area (Å²) in [6.45, 7) is 2.01. The third-order valence-electron chi connectivity index (χ3n) is 3.92. The van der Waals surface area contributed by atoms with Gasteiger partial charge in [0.1, 0.15) is 0 Å². The number of carbonyl (C=O) groups is 1. The number of aryl methyl sites for hydroxylation is 1. The van der Waals surface area contributed by atoms with Crippen LogP contribution in [0.5, 0.6) is 0 Å². The van der Waals surface area contributed by atoms with Crippen LogP contribution < -0.4 is 5.32 Å². The second-order valence-corrected chi connectivity index (χ2v) is 6.76. The second kappa shape index (κ2) is 8.00. The van der Waals surface area contributed by atoms with Gasteiger partial charge in [-0.05, 0) is 24.6 Å². The number of nitrogens with one attached hydrogen (secondary N) is 1. The number of nitro benzene ring substituents is 1. The van der Waals surface area contributed by atoms with Gasteiger partial charge >= 0.3 is 0 Å². The van der Waals surface area contributed by atoms with Crippen LogP contribution in [-0.2, 0) is 11.8 Å². The Hall–Kier alpha value is -3.20. The molecule has 0 radical (unpaired) electrons. The van der Waals surface area contributed by atoms with Gasteiger partial charge < -0.3 is 9.88 Å². The van der Waals surface area contributed by atoms with Crippen LogP contribution in [0.15, 0.2) is 53.7 Å². The average Bonchev–Trinajstić information content (AvgIpc) is 3.01. The average molecular weight is 383 g/mol. The molecular formula is C18H17N5O3S. The van der Waals surface area contributed by atoms with E-state index in [2.05, 4.69) is 15.5 Å². The molecule has 0 saturated carbocycles. The van der Waals surface area contributed by atoms with Gasteiger partial charge in [-0.1, -0.05) is 36.0 Å². The zero-order valence-electron chi connectivity index (χ0n) is 14.7. The molecule has 1 heterocycles. The number of nitrogens with zero attached hydrogens (tertiary/aromatic N) is 4. The van der Waals surface area contributed by atoms with Gasteiger partial charge in [-0.3, -0.25) is 14.9 Å². The van der Waals surface area contributed by atoms with Gasteiger partial charge in [-0.15, -0.1) is 10.2 Å². The number of hydrogen-bond donors (Lipinski definition) is 1. The lowest BCUT2D eigenvalue weighted by Gasteiger charge is -2.07. The van der Waals surface area contributed by atoms with Crippen molar-refractivity contribution in [2.24, 2.45) is 7.05 Å². The first-order valence-corrected chi connectivity index (χ1v) is 9.07. The maximum atomic E-state index is 12.1. The van der Waals surface area contributed by atoms with Crippen molar-refractivity contribution in [3.8, 4) is 11.4 Å². The maximum absolute atomic E-state index is 12.1. The molecule has 0 saturated heterocycles. The predicted octanol–water partition coefficient (Wildman–Crippen LogP) is 3.43. The lowest BCUT2D eigenvalue weighted by Crippen LogP contribution is -2.14. The quantitative estimate of drug-likeness (QED) is 0.397. The van der Waals surface area contributed by atoms with E-state index in [1.807, 2.05) is 42.8 Å². The number of hydrogen-bond acceptors (Lipinski definition) is 6. The first-order valence-electron chi connectivity index (χ1n) is 8.08. The smallest absolute Gasteiger partial charge is 0.269 e. The van der Waals surface area contributed by atoms with Gasteiger partial charge in [-0.2, -0.15) is 0 Å². The molecule has 1 N–H and O–H groups in total. The van der Waals surface area contributed by atoms with E-state index in [1.165, 1.54) is 36.0 Å². The molecule has 3 rings (SSSR count). The van der Waals surface area contributed by atoms with Crippen LogP contribution in [0.3, 0.4) is 0 Å². The first kappa shape index (κ1) is 18.6. The van der Waals surface area contributed by atoms with Crippen LogP contribution in [0, 0.1) is 17.0 Å². The van der Waals surface area contributed by atoms with E-state index in [-0.39, 0.29) is 17.3 Å². The van der Waals surface area contributed by atoms with E-state index in [9.17, 15) is 14.9 Å². The molecule has 0 aliphatic heterocycles. The first-order chi connectivity index (χ1) is 13.0. The summed E-state index contributed by atoms with van der Waals surface area (Å²) in [6.07, 6.45) is 0. The number of thioether (sulfide) groups is 1. The minimum absolute atomic E-state index is 0.0230. The van der Waals surface area contributed by atoms with Gasteiger partial charge in [0.25, 0.3) is 5.69 Å². The predicted molar refractivity (Wildman–Crippen MR) is 104 cm³/mol. The van der Waals surface area contributed by atoms with Crippen molar-refractivity contribution < 1.29 is 9.72 Å². The highest BCUT2D eigenvalue weighted by molar-refractivity contribution is 7.99. The van der Waals surface area contributed by atoms with E-state index in [4.69, 9.17) is 0 Å². The lowest BCUT2D eigenvalue weighted by molar-refractivity contribution is -0.384. The van der Waals surface area contributed by atoms with E-state index in [0.29, 0.717) is 10.8 Å². The number of amides is 1. The van der Waals surface area contributed by atoms with E-state index in [1.54, 1.807) is 0 Å². The monoisotopic (exact) mass is 383 g/mol. The SMILES string of the molecule is Cc1ccccc1-c1nnc(SCC(=O)Nc2ccc([N+](=O)[O-])cc2)n1C. The summed E-state index contributed by atoms with van der Waals surface area (Å²) in [5.74, 6) is 0.664. The van der Waals surface area contributed by atoms with Crippen LogP contribution >= 0.6 is 11.8 Å². The highest BCUT2D eigenvalue weighted by Gasteiger charge is 2.14. The Balaban J connectivity index is 1.62. The Kier molecular flexibility index (Phi) is 5.51. The molecule has 0 fully saturated rings. The zero-order valence-corrected chi connectivity index (χ0v) is 15.6. The summed E-state index contributed by atoms with van der Waals surface area (Å²) in [6, 6.07) is 13.6. The highest BCUT2D eigenvalue weighted by Crippen LogP contribution is 2.25. The lowest BCUT2D eigenvalue weighted by atomic mass is 10.1. The number of non-ortho nitro benzene ring substituents is 1. The van der Waals surface area contributed by atoms with Gasteiger partial charge in [0, 0.05) is 30.4 Å². The summed E-state index contributed by atoms with van der Waals surface area (Å²) >= 11 is 1.27. The molecule has 8 nitrogen and oxygen atoms in total. The molecule has 3 aromatic rings. The minimum atomic E-state index is -0.485. The van der Waals surface area contributed by atoms with Gasteiger partial charge in [0.05, 0.1) is 10.7 Å². The fraction of sp³-hybridized carbons (Fsp3) is 0.167. The summed E-state index contributed by atoms with van der Waals surface area (Å²) < 4.78 is 1.85. The highest BCUT2D eigenvalue weighted by atomic mass is 32.2. The molecular weight excluding hydrogens is 366 g/mol. The van der Waals surface area contributed by atoms with Crippen LogP contribution in [0.1, 0.15) is 5.56 Å². The van der Waals surface area contributed by atoms with Gasteiger partial charge in [-0.25, -0.2) is 0 Å². The van der Waals surface area contributed by atoms with E-state index >= 15 is 0 Å². The van der Waals surface area contributed by atoms with Crippen molar-refractivity contribution in [2.45, 2.75) is 12.1 Å². The summed E-state index contributed by atoms with van der Waals surface area (Å²) in [4.78, 5) is 22.3. The number of benzene rings is 2. The summed E-state index contributed by atoms with van der Waals surface area (Å²) in [5, 5.41) is 22.4. The molecule has 0 atom stereocenters. The van der Waals surface area contributed by atoms with Crippen molar-refractivity contribution in [3.63, 3.8) is 0 Å². The molecule has 0 unspecified atom stereocenters. The van der Waals surface area contributed by atoms with Crippen molar-refractivity contribution in [1.82, 2.24) is 14.8 Å². The topological polar surface area (TPSA) is 103 Å². The molecule has 27 heavy (non-hydrogen) atoms. The molecule has 0 bridgehead atoms. The van der Waals surface area contributed by atoms with Gasteiger partial charge in [0.2, 0.25) is 5.91 Å². The third kappa shape index (κ3) is 4.32. The van der Waals surface area contributed by atoms with Crippen molar-refractivity contribution in [1.29, 1.82) is 0 Å². The largest absolute Gasteiger partial charge is 0.325 e. The molecule has 0 aliphatic rings. The zero-order chi connectivity index (χ0) is 19.4. The van der Waals surface area contributed by atoms with Crippen molar-refractivity contribution in [2.75, 3.05) is 11.1 Å². The number of rotatable bonds is 6. The molecule has 0 spiro atoms.